The number of aliphatic hydroxyl groups excluding tert-OH is 1. The van der Waals surface area contributed by atoms with Gasteiger partial charge in [-0.2, -0.15) is 0 Å². The Morgan fingerprint density at radius 3 is 2.43 bits per heavy atom. The smallest absolute Gasteiger partial charge is 0.0434 e. The van der Waals surface area contributed by atoms with Crippen molar-refractivity contribution in [3.05, 3.63) is 29.8 Å². The molecule has 0 atom stereocenters. The first-order valence-corrected chi connectivity index (χ1v) is 8.26. The van der Waals surface area contributed by atoms with Gasteiger partial charge in [0.25, 0.3) is 0 Å². The van der Waals surface area contributed by atoms with E-state index in [4.69, 9.17) is 5.11 Å². The lowest BCUT2D eigenvalue weighted by Gasteiger charge is -2.45. The molecule has 0 spiro atoms. The quantitative estimate of drug-likeness (QED) is 0.828. The van der Waals surface area contributed by atoms with Crippen molar-refractivity contribution in [3.8, 4) is 0 Å². The van der Waals surface area contributed by atoms with Crippen LogP contribution in [0.5, 0.6) is 0 Å². The van der Waals surface area contributed by atoms with Crippen molar-refractivity contribution in [1.82, 2.24) is 0 Å². The zero-order valence-corrected chi connectivity index (χ0v) is 14.1. The van der Waals surface area contributed by atoms with Crippen LogP contribution < -0.4 is 5.32 Å². The Balaban J connectivity index is 2.03. The summed E-state index contributed by atoms with van der Waals surface area (Å²) in [5, 5.41) is 12.7. The van der Waals surface area contributed by atoms with Crippen molar-refractivity contribution in [2.75, 3.05) is 11.9 Å². The number of anilines is 1. The van der Waals surface area contributed by atoms with E-state index in [1.807, 2.05) is 0 Å². The highest BCUT2D eigenvalue weighted by atomic mass is 16.2. The maximum Gasteiger partial charge on any atom is 0.0434 e. The van der Waals surface area contributed by atoms with Crippen molar-refractivity contribution >= 4 is 5.69 Å². The van der Waals surface area contributed by atoms with Gasteiger partial charge in [0, 0.05) is 18.3 Å². The van der Waals surface area contributed by atoms with Crippen LogP contribution in [-0.2, 0) is 6.42 Å². The van der Waals surface area contributed by atoms with E-state index in [0.29, 0.717) is 16.9 Å². The molecule has 0 heterocycles. The molecule has 0 saturated heterocycles. The summed E-state index contributed by atoms with van der Waals surface area (Å²) < 4.78 is 0. The van der Waals surface area contributed by atoms with Crippen LogP contribution in [0.15, 0.2) is 24.3 Å². The third-order valence-corrected chi connectivity index (χ3v) is 4.48. The molecule has 0 aliphatic heterocycles. The summed E-state index contributed by atoms with van der Waals surface area (Å²) in [4.78, 5) is 0. The van der Waals surface area contributed by atoms with Crippen molar-refractivity contribution in [3.63, 3.8) is 0 Å². The maximum atomic E-state index is 8.96. The van der Waals surface area contributed by atoms with Gasteiger partial charge in [-0.3, -0.25) is 0 Å². The van der Waals surface area contributed by atoms with E-state index in [2.05, 4.69) is 57.3 Å². The Kier molecular flexibility index (Phi) is 4.98. The highest BCUT2D eigenvalue weighted by Gasteiger charge is 2.38. The van der Waals surface area contributed by atoms with Gasteiger partial charge in [-0.1, -0.05) is 39.8 Å². The van der Waals surface area contributed by atoms with Crippen LogP contribution in [0.1, 0.15) is 58.9 Å². The molecule has 1 saturated carbocycles. The Bertz CT molecular complexity index is 448. The molecule has 0 bridgehead atoms. The first-order chi connectivity index (χ1) is 9.80. The highest BCUT2D eigenvalue weighted by molar-refractivity contribution is 5.46. The summed E-state index contributed by atoms with van der Waals surface area (Å²) in [6.45, 7) is 9.82. The van der Waals surface area contributed by atoms with Crippen LogP contribution in [0.4, 0.5) is 5.69 Å². The van der Waals surface area contributed by atoms with E-state index in [0.717, 1.165) is 12.8 Å². The molecule has 1 fully saturated rings. The first kappa shape index (κ1) is 16.4. The largest absolute Gasteiger partial charge is 0.396 e. The van der Waals surface area contributed by atoms with E-state index in [9.17, 15) is 0 Å². The molecule has 118 valence electrons. The molecule has 2 heteroatoms. The Labute approximate surface area is 130 Å². The lowest BCUT2D eigenvalue weighted by molar-refractivity contribution is 0.105. The van der Waals surface area contributed by atoms with E-state index in [1.165, 1.54) is 30.5 Å². The highest BCUT2D eigenvalue weighted by Crippen LogP contribution is 2.46. The predicted molar refractivity (Wildman–Crippen MR) is 90.7 cm³/mol. The third kappa shape index (κ3) is 5.03. The minimum absolute atomic E-state index is 0.267. The van der Waals surface area contributed by atoms with Crippen LogP contribution in [-0.4, -0.2) is 17.8 Å². The fraction of sp³-hybridized carbons (Fsp3) is 0.684. The van der Waals surface area contributed by atoms with Crippen molar-refractivity contribution < 1.29 is 5.11 Å². The second-order valence-corrected chi connectivity index (χ2v) is 8.28. The predicted octanol–water partition coefficient (Wildman–Crippen LogP) is 4.63. The molecule has 2 N–H and O–H groups in total. The van der Waals surface area contributed by atoms with Crippen LogP contribution >= 0.6 is 0 Å². The summed E-state index contributed by atoms with van der Waals surface area (Å²) in [7, 11) is 0. The van der Waals surface area contributed by atoms with Crippen LogP contribution in [0, 0.1) is 10.8 Å². The Morgan fingerprint density at radius 1 is 1.14 bits per heavy atom. The molecule has 21 heavy (non-hydrogen) atoms. The van der Waals surface area contributed by atoms with Crippen molar-refractivity contribution in [1.29, 1.82) is 0 Å². The van der Waals surface area contributed by atoms with Gasteiger partial charge in [-0.25, -0.2) is 0 Å². The van der Waals surface area contributed by atoms with Crippen LogP contribution in [0.25, 0.3) is 0 Å². The van der Waals surface area contributed by atoms with Gasteiger partial charge in [0.15, 0.2) is 0 Å². The number of hydrogen-bond donors (Lipinski definition) is 2. The molecule has 1 aliphatic rings. The fourth-order valence-electron chi connectivity index (χ4n) is 4.28. The molecular formula is C19H31NO. The number of nitrogens with one attached hydrogen (secondary N) is 1. The zero-order valence-electron chi connectivity index (χ0n) is 14.1. The fourth-order valence-corrected chi connectivity index (χ4v) is 4.28. The van der Waals surface area contributed by atoms with Crippen LogP contribution in [0.3, 0.4) is 0 Å². The van der Waals surface area contributed by atoms with Gasteiger partial charge < -0.3 is 10.4 Å². The molecule has 0 radical (unpaired) electrons. The molecule has 0 amide bonds. The van der Waals surface area contributed by atoms with Crippen molar-refractivity contribution in [2.24, 2.45) is 10.8 Å². The van der Waals surface area contributed by atoms with Gasteiger partial charge >= 0.3 is 0 Å². The number of aryl methyl sites for hydroxylation is 1. The number of hydrogen-bond acceptors (Lipinski definition) is 2. The van der Waals surface area contributed by atoms with Crippen LogP contribution in [0.2, 0.25) is 0 Å². The van der Waals surface area contributed by atoms with E-state index < -0.39 is 0 Å². The molecule has 1 aromatic rings. The van der Waals surface area contributed by atoms with Gasteiger partial charge in [-0.15, -0.1) is 0 Å². The van der Waals surface area contributed by atoms with Gasteiger partial charge in [0.2, 0.25) is 0 Å². The van der Waals surface area contributed by atoms with Gasteiger partial charge in [-0.05, 0) is 60.6 Å². The molecular weight excluding hydrogens is 258 g/mol. The summed E-state index contributed by atoms with van der Waals surface area (Å²) in [6, 6.07) is 9.22. The molecule has 2 nitrogen and oxygen atoms in total. The van der Waals surface area contributed by atoms with E-state index >= 15 is 0 Å². The topological polar surface area (TPSA) is 32.3 Å². The second kappa shape index (κ2) is 6.39. The van der Waals surface area contributed by atoms with Crippen molar-refractivity contribution in [2.45, 2.75) is 65.8 Å². The average molecular weight is 289 g/mol. The lowest BCUT2D eigenvalue weighted by atomic mass is 9.63. The van der Waals surface area contributed by atoms with Gasteiger partial charge in [0.05, 0.1) is 0 Å². The lowest BCUT2D eigenvalue weighted by Crippen LogP contribution is -2.40. The monoisotopic (exact) mass is 289 g/mol. The summed E-state index contributed by atoms with van der Waals surface area (Å²) in [5.74, 6) is 0. The summed E-state index contributed by atoms with van der Waals surface area (Å²) in [5.41, 5.74) is 3.36. The Hall–Kier alpha value is -1.02. The summed E-state index contributed by atoms with van der Waals surface area (Å²) in [6.07, 6.45) is 5.56. The first-order valence-electron chi connectivity index (χ1n) is 8.26. The SMILES string of the molecule is CC1(C)CC(Nc2cccc(CCCO)c2)CC(C)(C)C1. The average Bonchev–Trinajstić information content (AvgIpc) is 2.33. The van der Waals surface area contributed by atoms with E-state index in [1.54, 1.807) is 0 Å². The molecule has 1 aliphatic carbocycles. The third-order valence-electron chi connectivity index (χ3n) is 4.48. The molecule has 1 aromatic carbocycles. The summed E-state index contributed by atoms with van der Waals surface area (Å²) >= 11 is 0. The number of rotatable bonds is 5. The second-order valence-electron chi connectivity index (χ2n) is 8.28. The molecule has 2 rings (SSSR count). The maximum absolute atomic E-state index is 8.96. The minimum Gasteiger partial charge on any atom is -0.396 e. The van der Waals surface area contributed by atoms with Gasteiger partial charge in [0.1, 0.15) is 0 Å². The normalized spacial score (nSPS) is 21.2. The molecule has 0 unspecified atom stereocenters. The molecule has 0 aromatic heterocycles. The standard InChI is InChI=1S/C19H31NO/c1-18(2)12-17(13-19(3,4)14-18)20-16-9-5-7-15(11-16)8-6-10-21/h5,7,9,11,17,20-21H,6,8,10,12-14H2,1-4H3. The number of aliphatic hydroxyl groups is 1. The minimum atomic E-state index is 0.267. The number of benzene rings is 1. The van der Waals surface area contributed by atoms with E-state index in [-0.39, 0.29) is 6.61 Å². The Morgan fingerprint density at radius 2 is 1.81 bits per heavy atom. The zero-order chi connectivity index (χ0) is 15.5.